The highest BCUT2D eigenvalue weighted by Gasteiger charge is 2.08. The zero-order chi connectivity index (χ0) is 10.1. The van der Waals surface area contributed by atoms with Crippen LogP contribution in [0, 0.1) is 5.82 Å². The number of nitrogens with two attached hydrogens (primary N) is 1. The fourth-order valence-corrected chi connectivity index (χ4v) is 1.52. The molecule has 72 valence electrons. The lowest BCUT2D eigenvalue weighted by molar-refractivity contribution is 0.629. The number of hydrogen-bond donors (Lipinski definition) is 2. The van der Waals surface area contributed by atoms with E-state index >= 15 is 0 Å². The quantitative estimate of drug-likeness (QED) is 0.702. The first-order valence-electron chi connectivity index (χ1n) is 4.37. The van der Waals surface area contributed by atoms with E-state index in [-0.39, 0.29) is 11.9 Å². The maximum absolute atomic E-state index is 13.0. The van der Waals surface area contributed by atoms with E-state index in [9.17, 15) is 4.39 Å². The number of H-pyrrole nitrogens is 1. The largest absolute Gasteiger partial charge is 0.361 e. The van der Waals surface area contributed by atoms with E-state index in [2.05, 4.69) is 11.6 Å². The Balaban J connectivity index is 2.66. The van der Waals surface area contributed by atoms with Crippen molar-refractivity contribution in [2.75, 3.05) is 0 Å². The van der Waals surface area contributed by atoms with Crippen LogP contribution in [0.15, 0.2) is 37.1 Å². The maximum atomic E-state index is 13.0. The normalized spacial score (nSPS) is 13.0. The Hall–Kier alpha value is -1.61. The first kappa shape index (κ1) is 8.97. The van der Waals surface area contributed by atoms with Gasteiger partial charge in [0.1, 0.15) is 5.82 Å². The van der Waals surface area contributed by atoms with Gasteiger partial charge in [-0.15, -0.1) is 6.58 Å². The van der Waals surface area contributed by atoms with Crippen LogP contribution < -0.4 is 5.73 Å². The number of nitrogens with one attached hydrogen (secondary N) is 1. The number of aromatic nitrogens is 1. The molecular formula is C11H11FN2. The van der Waals surface area contributed by atoms with Crippen molar-refractivity contribution in [2.45, 2.75) is 6.04 Å². The summed E-state index contributed by atoms with van der Waals surface area (Å²) in [7, 11) is 0. The summed E-state index contributed by atoms with van der Waals surface area (Å²) < 4.78 is 13.0. The van der Waals surface area contributed by atoms with E-state index < -0.39 is 0 Å². The number of benzene rings is 1. The van der Waals surface area contributed by atoms with Gasteiger partial charge in [0, 0.05) is 23.1 Å². The Morgan fingerprint density at radius 1 is 1.50 bits per heavy atom. The lowest BCUT2D eigenvalue weighted by atomic mass is 10.1. The van der Waals surface area contributed by atoms with Crippen LogP contribution in [-0.2, 0) is 0 Å². The molecule has 0 radical (unpaired) electrons. The number of fused-ring (bicyclic) bond motifs is 1. The average molecular weight is 190 g/mol. The summed E-state index contributed by atoms with van der Waals surface area (Å²) in [6.07, 6.45) is 3.42. The molecule has 0 spiro atoms. The maximum Gasteiger partial charge on any atom is 0.123 e. The second kappa shape index (κ2) is 3.27. The lowest BCUT2D eigenvalue weighted by Gasteiger charge is -2.03. The molecule has 3 N–H and O–H groups in total. The molecule has 0 saturated carbocycles. The first-order valence-corrected chi connectivity index (χ1v) is 4.37. The van der Waals surface area contributed by atoms with Gasteiger partial charge in [-0.25, -0.2) is 4.39 Å². The highest BCUT2D eigenvalue weighted by molar-refractivity contribution is 5.83. The molecule has 3 heteroatoms. The Bertz CT molecular complexity index is 473. The van der Waals surface area contributed by atoms with E-state index in [4.69, 9.17) is 5.73 Å². The molecular weight excluding hydrogens is 179 g/mol. The molecule has 1 aromatic carbocycles. The fourth-order valence-electron chi connectivity index (χ4n) is 1.52. The van der Waals surface area contributed by atoms with E-state index in [1.54, 1.807) is 18.3 Å². The van der Waals surface area contributed by atoms with Crippen LogP contribution >= 0.6 is 0 Å². The standard InChI is InChI=1S/C11H11FN2/c1-2-10(13)9-6-14-11-4-3-7(12)5-8(9)11/h2-6,10,14H,1,13H2/t10-/m0/s1. The van der Waals surface area contributed by atoms with Gasteiger partial charge in [-0.3, -0.25) is 0 Å². The Morgan fingerprint density at radius 3 is 3.00 bits per heavy atom. The van der Waals surface area contributed by atoms with Crippen LogP contribution in [0.25, 0.3) is 10.9 Å². The number of halogens is 1. The van der Waals surface area contributed by atoms with E-state index in [0.29, 0.717) is 0 Å². The molecule has 1 heterocycles. The second-order valence-corrected chi connectivity index (χ2v) is 3.20. The molecule has 0 saturated heterocycles. The zero-order valence-electron chi connectivity index (χ0n) is 7.63. The van der Waals surface area contributed by atoms with Gasteiger partial charge in [-0.05, 0) is 23.8 Å². The van der Waals surface area contributed by atoms with Crippen molar-refractivity contribution in [3.05, 3.63) is 48.4 Å². The third kappa shape index (κ3) is 1.32. The van der Waals surface area contributed by atoms with Crippen molar-refractivity contribution in [1.29, 1.82) is 0 Å². The predicted octanol–water partition coefficient (Wildman–Crippen LogP) is 2.49. The summed E-state index contributed by atoms with van der Waals surface area (Å²) in [5.41, 5.74) is 7.55. The smallest absolute Gasteiger partial charge is 0.123 e. The summed E-state index contributed by atoms with van der Waals surface area (Å²) in [5.74, 6) is -0.255. The third-order valence-electron chi connectivity index (χ3n) is 2.29. The molecule has 0 aliphatic rings. The van der Waals surface area contributed by atoms with Crippen LogP contribution in [0.4, 0.5) is 4.39 Å². The van der Waals surface area contributed by atoms with Crippen LogP contribution in [0.1, 0.15) is 11.6 Å². The minimum atomic E-state index is -0.259. The minimum absolute atomic E-state index is 0.255. The highest BCUT2D eigenvalue weighted by Crippen LogP contribution is 2.23. The Kier molecular flexibility index (Phi) is 2.09. The van der Waals surface area contributed by atoms with Gasteiger partial charge in [0.2, 0.25) is 0 Å². The lowest BCUT2D eigenvalue weighted by Crippen LogP contribution is -2.05. The summed E-state index contributed by atoms with van der Waals surface area (Å²) in [4.78, 5) is 3.04. The molecule has 2 rings (SSSR count). The van der Waals surface area contributed by atoms with Gasteiger partial charge in [0.05, 0.1) is 0 Å². The topological polar surface area (TPSA) is 41.8 Å². The van der Waals surface area contributed by atoms with Crippen molar-refractivity contribution >= 4 is 10.9 Å². The fraction of sp³-hybridized carbons (Fsp3) is 0.0909. The summed E-state index contributed by atoms with van der Waals surface area (Å²) >= 11 is 0. The van der Waals surface area contributed by atoms with Crippen LogP contribution in [0.5, 0.6) is 0 Å². The molecule has 0 aliphatic carbocycles. The van der Waals surface area contributed by atoms with Gasteiger partial charge < -0.3 is 10.7 Å². The van der Waals surface area contributed by atoms with E-state index in [1.807, 2.05) is 0 Å². The molecule has 1 atom stereocenters. The molecule has 0 aliphatic heterocycles. The van der Waals surface area contributed by atoms with Crippen LogP contribution in [0.2, 0.25) is 0 Å². The van der Waals surface area contributed by atoms with Gasteiger partial charge in [0.25, 0.3) is 0 Å². The van der Waals surface area contributed by atoms with E-state index in [1.165, 1.54) is 12.1 Å². The Morgan fingerprint density at radius 2 is 2.29 bits per heavy atom. The van der Waals surface area contributed by atoms with Crippen molar-refractivity contribution in [3.8, 4) is 0 Å². The SMILES string of the molecule is C=C[C@H](N)c1c[nH]c2ccc(F)cc12. The molecule has 1 aromatic heterocycles. The Labute approximate surface area is 81.2 Å². The molecule has 2 nitrogen and oxygen atoms in total. The number of rotatable bonds is 2. The summed E-state index contributed by atoms with van der Waals surface area (Å²) in [6.45, 7) is 3.61. The van der Waals surface area contributed by atoms with Gasteiger partial charge >= 0.3 is 0 Å². The van der Waals surface area contributed by atoms with Crippen LogP contribution in [-0.4, -0.2) is 4.98 Å². The number of aromatic amines is 1. The van der Waals surface area contributed by atoms with Gasteiger partial charge in [-0.2, -0.15) is 0 Å². The molecule has 0 fully saturated rings. The summed E-state index contributed by atoms with van der Waals surface area (Å²) in [6, 6.07) is 4.34. The van der Waals surface area contributed by atoms with Crippen molar-refractivity contribution < 1.29 is 4.39 Å². The van der Waals surface area contributed by atoms with Crippen molar-refractivity contribution in [1.82, 2.24) is 4.98 Å². The molecule has 2 aromatic rings. The zero-order valence-corrected chi connectivity index (χ0v) is 7.63. The predicted molar refractivity (Wildman–Crippen MR) is 55.4 cm³/mol. The van der Waals surface area contributed by atoms with Gasteiger partial charge in [0.15, 0.2) is 0 Å². The molecule has 0 amide bonds. The van der Waals surface area contributed by atoms with Gasteiger partial charge in [-0.1, -0.05) is 6.08 Å². The van der Waals surface area contributed by atoms with Crippen LogP contribution in [0.3, 0.4) is 0 Å². The minimum Gasteiger partial charge on any atom is -0.361 e. The highest BCUT2D eigenvalue weighted by atomic mass is 19.1. The molecule has 0 unspecified atom stereocenters. The monoisotopic (exact) mass is 190 g/mol. The van der Waals surface area contributed by atoms with Crippen molar-refractivity contribution in [3.63, 3.8) is 0 Å². The number of hydrogen-bond acceptors (Lipinski definition) is 1. The van der Waals surface area contributed by atoms with E-state index in [0.717, 1.165) is 16.5 Å². The average Bonchev–Trinajstić information content (AvgIpc) is 2.59. The van der Waals surface area contributed by atoms with Crippen molar-refractivity contribution in [2.24, 2.45) is 5.73 Å². The second-order valence-electron chi connectivity index (χ2n) is 3.20. The first-order chi connectivity index (χ1) is 6.72. The molecule has 14 heavy (non-hydrogen) atoms. The third-order valence-corrected chi connectivity index (χ3v) is 2.29. The summed E-state index contributed by atoms with van der Waals surface area (Å²) in [5, 5.41) is 0.817. The molecule has 0 bridgehead atoms.